The van der Waals surface area contributed by atoms with Gasteiger partial charge in [0.1, 0.15) is 0 Å². The molecule has 1 aliphatic rings. The highest BCUT2D eigenvalue weighted by molar-refractivity contribution is 6.03. The second-order valence-corrected chi connectivity index (χ2v) is 2.68. The maximum atomic E-state index is 11.2. The van der Waals surface area contributed by atoms with Crippen molar-refractivity contribution in [1.82, 2.24) is 5.32 Å². The van der Waals surface area contributed by atoms with Gasteiger partial charge in [-0.1, -0.05) is 13.3 Å². The van der Waals surface area contributed by atoms with Crippen LogP contribution in [0.25, 0.3) is 0 Å². The number of unbranched alkanes of at least 4 members (excludes halogenated alkanes) is 1. The van der Waals surface area contributed by atoms with Crippen LogP contribution in [-0.2, 0) is 9.59 Å². The molecule has 0 aliphatic carbocycles. The molecule has 13 heavy (non-hydrogen) atoms. The van der Waals surface area contributed by atoms with Crippen LogP contribution in [0.3, 0.4) is 0 Å². The minimum Gasteiger partial charge on any atom is -0.351 e. The lowest BCUT2D eigenvalue weighted by Gasteiger charge is -2.00. The van der Waals surface area contributed by atoms with E-state index in [0.717, 1.165) is 18.9 Å². The van der Waals surface area contributed by atoms with Crippen LogP contribution in [0.5, 0.6) is 0 Å². The lowest BCUT2D eigenvalue weighted by Crippen LogP contribution is -2.24. The summed E-state index contributed by atoms with van der Waals surface area (Å²) in [5.41, 5.74) is 0.0982. The van der Waals surface area contributed by atoms with Crippen LogP contribution >= 0.6 is 0 Å². The Balaban J connectivity index is 2.37. The number of nitrogens with zero attached hydrogens (tertiary/aromatic N) is 2. The van der Waals surface area contributed by atoms with Crippen LogP contribution < -0.4 is 5.32 Å². The monoisotopic (exact) mass is 181 g/mol. The van der Waals surface area contributed by atoms with Crippen LogP contribution in [0.2, 0.25) is 0 Å². The summed E-state index contributed by atoms with van der Waals surface area (Å²) in [6, 6.07) is 0. The number of hydrogen-bond acceptors (Lipinski definition) is 3. The maximum Gasteiger partial charge on any atom is 0.290 e. The SMILES string of the molecule is CCCCNC(=O)C1=CC(=O)N=N1. The largest absolute Gasteiger partial charge is 0.351 e. The molecule has 0 aromatic heterocycles. The van der Waals surface area contributed by atoms with Crippen LogP contribution in [0.1, 0.15) is 19.8 Å². The Morgan fingerprint density at radius 1 is 1.54 bits per heavy atom. The van der Waals surface area contributed by atoms with E-state index in [1.165, 1.54) is 0 Å². The minimum atomic E-state index is -0.472. The molecule has 0 aromatic rings. The van der Waals surface area contributed by atoms with E-state index in [-0.39, 0.29) is 11.6 Å². The standard InChI is InChI=1S/C8H11N3O2/c1-2-3-4-9-8(13)6-5-7(12)11-10-6/h5H,2-4H2,1H3,(H,9,13). The Labute approximate surface area is 75.9 Å². The van der Waals surface area contributed by atoms with Crippen molar-refractivity contribution in [2.75, 3.05) is 6.54 Å². The number of hydrogen-bond donors (Lipinski definition) is 1. The van der Waals surface area contributed by atoms with Gasteiger partial charge in [-0.2, -0.15) is 0 Å². The Hall–Kier alpha value is -1.52. The van der Waals surface area contributed by atoms with E-state index < -0.39 is 5.91 Å². The van der Waals surface area contributed by atoms with Crippen molar-refractivity contribution in [2.24, 2.45) is 10.2 Å². The van der Waals surface area contributed by atoms with Crippen LogP contribution in [0, 0.1) is 0 Å². The highest BCUT2D eigenvalue weighted by atomic mass is 16.2. The second kappa shape index (κ2) is 4.49. The predicted octanol–water partition coefficient (Wildman–Crippen LogP) is 0.779. The van der Waals surface area contributed by atoms with Gasteiger partial charge in [0.2, 0.25) is 0 Å². The summed E-state index contributed by atoms with van der Waals surface area (Å²) in [7, 11) is 0. The van der Waals surface area contributed by atoms with Crippen LogP contribution in [0.4, 0.5) is 0 Å². The van der Waals surface area contributed by atoms with E-state index in [9.17, 15) is 9.59 Å². The van der Waals surface area contributed by atoms with Gasteiger partial charge in [-0.15, -0.1) is 10.2 Å². The summed E-state index contributed by atoms with van der Waals surface area (Å²) in [5, 5.41) is 9.25. The second-order valence-electron chi connectivity index (χ2n) is 2.68. The van der Waals surface area contributed by atoms with Crippen LogP contribution in [-0.4, -0.2) is 18.4 Å². The molecule has 1 aliphatic heterocycles. The summed E-state index contributed by atoms with van der Waals surface area (Å²) in [4.78, 5) is 21.8. The van der Waals surface area contributed by atoms with E-state index >= 15 is 0 Å². The quantitative estimate of drug-likeness (QED) is 0.651. The van der Waals surface area contributed by atoms with Gasteiger partial charge in [-0.05, 0) is 6.42 Å². The highest BCUT2D eigenvalue weighted by Gasteiger charge is 2.15. The Morgan fingerprint density at radius 2 is 2.31 bits per heavy atom. The summed E-state index contributed by atoms with van der Waals surface area (Å²) in [5.74, 6) is -0.802. The van der Waals surface area contributed by atoms with Gasteiger partial charge < -0.3 is 5.32 Å². The molecule has 0 spiro atoms. The molecule has 0 saturated carbocycles. The first kappa shape index (κ1) is 9.57. The third kappa shape index (κ3) is 2.77. The zero-order chi connectivity index (χ0) is 9.68. The molecular weight excluding hydrogens is 170 g/mol. The van der Waals surface area contributed by atoms with Gasteiger partial charge >= 0.3 is 0 Å². The van der Waals surface area contributed by atoms with Crippen molar-refractivity contribution in [2.45, 2.75) is 19.8 Å². The van der Waals surface area contributed by atoms with E-state index in [1.54, 1.807) is 0 Å². The zero-order valence-corrected chi connectivity index (χ0v) is 7.41. The molecule has 0 fully saturated rings. The third-order valence-corrected chi connectivity index (χ3v) is 1.57. The molecule has 5 nitrogen and oxygen atoms in total. The molecule has 0 radical (unpaired) electrons. The fraction of sp³-hybridized carbons (Fsp3) is 0.500. The van der Waals surface area contributed by atoms with Gasteiger partial charge in [0.05, 0.1) is 0 Å². The van der Waals surface area contributed by atoms with E-state index in [2.05, 4.69) is 15.5 Å². The molecule has 0 bridgehead atoms. The van der Waals surface area contributed by atoms with Gasteiger partial charge in [0.15, 0.2) is 5.70 Å². The number of rotatable bonds is 4. The average molecular weight is 181 g/mol. The number of azo groups is 1. The fourth-order valence-electron chi connectivity index (χ4n) is 0.858. The van der Waals surface area contributed by atoms with Crippen molar-refractivity contribution < 1.29 is 9.59 Å². The fourth-order valence-corrected chi connectivity index (χ4v) is 0.858. The third-order valence-electron chi connectivity index (χ3n) is 1.57. The van der Waals surface area contributed by atoms with E-state index in [1.807, 2.05) is 6.92 Å². The molecule has 70 valence electrons. The number of carbonyl (C=O) groups is 2. The first-order valence-corrected chi connectivity index (χ1v) is 4.19. The van der Waals surface area contributed by atoms with Crippen molar-refractivity contribution in [3.8, 4) is 0 Å². The lowest BCUT2D eigenvalue weighted by atomic mass is 10.3. The maximum absolute atomic E-state index is 11.2. The van der Waals surface area contributed by atoms with Crippen molar-refractivity contribution in [3.05, 3.63) is 11.8 Å². The van der Waals surface area contributed by atoms with E-state index in [4.69, 9.17) is 0 Å². The van der Waals surface area contributed by atoms with Crippen molar-refractivity contribution in [1.29, 1.82) is 0 Å². The summed E-state index contributed by atoms with van der Waals surface area (Å²) >= 11 is 0. The molecule has 1 heterocycles. The first-order valence-electron chi connectivity index (χ1n) is 4.19. The van der Waals surface area contributed by atoms with Gasteiger partial charge in [-0.3, -0.25) is 9.59 Å². The summed E-state index contributed by atoms with van der Waals surface area (Å²) in [6.07, 6.45) is 3.06. The molecule has 2 amide bonds. The van der Waals surface area contributed by atoms with Crippen molar-refractivity contribution >= 4 is 11.8 Å². The predicted molar refractivity (Wildman–Crippen MR) is 45.9 cm³/mol. The topological polar surface area (TPSA) is 70.9 Å². The lowest BCUT2D eigenvalue weighted by molar-refractivity contribution is -0.118. The Morgan fingerprint density at radius 3 is 2.85 bits per heavy atom. The number of nitrogens with one attached hydrogen (secondary N) is 1. The summed E-state index contributed by atoms with van der Waals surface area (Å²) in [6.45, 7) is 2.64. The summed E-state index contributed by atoms with van der Waals surface area (Å²) < 4.78 is 0. The molecule has 0 aromatic carbocycles. The number of amides is 2. The normalized spacial score (nSPS) is 14.5. The smallest absolute Gasteiger partial charge is 0.290 e. The Bertz CT molecular complexity index is 281. The van der Waals surface area contributed by atoms with Gasteiger partial charge in [-0.25, -0.2) is 0 Å². The zero-order valence-electron chi connectivity index (χ0n) is 7.41. The van der Waals surface area contributed by atoms with Crippen LogP contribution in [0.15, 0.2) is 22.0 Å². The minimum absolute atomic E-state index is 0.0982. The molecule has 1 N–H and O–H groups in total. The molecule has 0 atom stereocenters. The molecule has 5 heteroatoms. The van der Waals surface area contributed by atoms with E-state index in [0.29, 0.717) is 6.54 Å². The van der Waals surface area contributed by atoms with Crippen molar-refractivity contribution in [3.63, 3.8) is 0 Å². The van der Waals surface area contributed by atoms with Gasteiger partial charge in [0, 0.05) is 12.6 Å². The molecule has 1 rings (SSSR count). The first-order chi connectivity index (χ1) is 6.24. The average Bonchev–Trinajstić information content (AvgIpc) is 2.52. The molecule has 0 saturated heterocycles. The Kier molecular flexibility index (Phi) is 3.31. The number of carbonyl (C=O) groups excluding carboxylic acids is 2. The highest BCUT2D eigenvalue weighted by Crippen LogP contribution is 2.06. The van der Waals surface area contributed by atoms with Gasteiger partial charge in [0.25, 0.3) is 11.8 Å². The molecule has 0 unspecified atom stereocenters. The molecular formula is C8H11N3O2.